The first-order chi connectivity index (χ1) is 9.40. The lowest BCUT2D eigenvalue weighted by Crippen LogP contribution is -1.96. The van der Waals surface area contributed by atoms with E-state index in [4.69, 9.17) is 0 Å². The fraction of sp³-hybridized carbons (Fsp3) is 0.471. The molecule has 0 radical (unpaired) electrons. The van der Waals surface area contributed by atoms with Crippen LogP contribution in [0.4, 0.5) is 14.5 Å². The second-order valence-electron chi connectivity index (χ2n) is 5.05. The van der Waals surface area contributed by atoms with Gasteiger partial charge in [-0.2, -0.15) is 0 Å². The number of benzene rings is 1. The van der Waals surface area contributed by atoms with E-state index in [9.17, 15) is 8.78 Å². The molecule has 0 aliphatic heterocycles. The zero-order chi connectivity index (χ0) is 15.3. The SMILES string of the molecule is CC/C=C(/C)c1cc(C)cc(C(F)F)c1N=C(C)CC. The van der Waals surface area contributed by atoms with E-state index < -0.39 is 6.43 Å². The molecular formula is C17H23F2N. The highest BCUT2D eigenvalue weighted by molar-refractivity contribution is 5.87. The van der Waals surface area contributed by atoms with E-state index in [-0.39, 0.29) is 5.56 Å². The van der Waals surface area contributed by atoms with Crippen molar-refractivity contribution in [2.24, 2.45) is 4.99 Å². The number of rotatable bonds is 5. The van der Waals surface area contributed by atoms with Crippen molar-refractivity contribution >= 4 is 17.0 Å². The van der Waals surface area contributed by atoms with Gasteiger partial charge >= 0.3 is 0 Å². The molecule has 0 atom stereocenters. The summed E-state index contributed by atoms with van der Waals surface area (Å²) in [6.07, 6.45) is 1.17. The van der Waals surface area contributed by atoms with Gasteiger partial charge in [0.1, 0.15) is 0 Å². The van der Waals surface area contributed by atoms with E-state index in [1.165, 1.54) is 6.07 Å². The van der Waals surface area contributed by atoms with E-state index >= 15 is 0 Å². The molecule has 20 heavy (non-hydrogen) atoms. The highest BCUT2D eigenvalue weighted by atomic mass is 19.3. The van der Waals surface area contributed by atoms with Crippen LogP contribution < -0.4 is 0 Å². The van der Waals surface area contributed by atoms with Crippen LogP contribution in [0.1, 0.15) is 63.7 Å². The van der Waals surface area contributed by atoms with E-state index in [0.29, 0.717) is 5.69 Å². The summed E-state index contributed by atoms with van der Waals surface area (Å²) in [7, 11) is 0. The molecule has 3 heteroatoms. The molecule has 0 aliphatic rings. The van der Waals surface area contributed by atoms with Gasteiger partial charge in [0.2, 0.25) is 0 Å². The topological polar surface area (TPSA) is 12.4 Å². The largest absolute Gasteiger partial charge is 0.265 e. The van der Waals surface area contributed by atoms with Gasteiger partial charge in [-0.3, -0.25) is 4.99 Å². The predicted octanol–water partition coefficient (Wildman–Crippen LogP) is 6.25. The summed E-state index contributed by atoms with van der Waals surface area (Å²) >= 11 is 0. The Hall–Kier alpha value is -1.51. The molecule has 1 aromatic rings. The molecule has 1 nitrogen and oxygen atoms in total. The highest BCUT2D eigenvalue weighted by Crippen LogP contribution is 2.37. The van der Waals surface area contributed by atoms with Gasteiger partial charge in [0, 0.05) is 16.8 Å². The fourth-order valence-corrected chi connectivity index (χ4v) is 2.08. The Kier molecular flexibility index (Phi) is 6.05. The first-order valence-electron chi connectivity index (χ1n) is 7.04. The lowest BCUT2D eigenvalue weighted by atomic mass is 9.97. The highest BCUT2D eigenvalue weighted by Gasteiger charge is 2.18. The summed E-state index contributed by atoms with van der Waals surface area (Å²) in [5.74, 6) is 0. The molecule has 0 aromatic heterocycles. The van der Waals surface area contributed by atoms with E-state index in [1.54, 1.807) is 0 Å². The number of allylic oxidation sites excluding steroid dienone is 2. The van der Waals surface area contributed by atoms with Crippen molar-refractivity contribution < 1.29 is 8.78 Å². The van der Waals surface area contributed by atoms with Crippen molar-refractivity contribution in [3.63, 3.8) is 0 Å². The normalized spacial score (nSPS) is 13.2. The second kappa shape index (κ2) is 7.32. The van der Waals surface area contributed by atoms with Gasteiger partial charge in [0.25, 0.3) is 6.43 Å². The Morgan fingerprint density at radius 1 is 1.25 bits per heavy atom. The van der Waals surface area contributed by atoms with Crippen molar-refractivity contribution in [1.82, 2.24) is 0 Å². The van der Waals surface area contributed by atoms with Crippen LogP contribution in [0.25, 0.3) is 5.57 Å². The third-order valence-electron chi connectivity index (χ3n) is 3.27. The number of nitrogens with zero attached hydrogens (tertiary/aromatic N) is 1. The summed E-state index contributed by atoms with van der Waals surface area (Å²) in [5, 5.41) is 0. The summed E-state index contributed by atoms with van der Waals surface area (Å²) in [6, 6.07) is 3.48. The third-order valence-corrected chi connectivity index (χ3v) is 3.27. The Morgan fingerprint density at radius 3 is 2.40 bits per heavy atom. The average molecular weight is 279 g/mol. The van der Waals surface area contributed by atoms with Gasteiger partial charge in [-0.1, -0.05) is 19.9 Å². The van der Waals surface area contributed by atoms with Gasteiger partial charge in [-0.05, 0) is 56.9 Å². The first kappa shape index (κ1) is 16.5. The van der Waals surface area contributed by atoms with E-state index in [0.717, 1.165) is 35.3 Å². The number of hydrogen-bond acceptors (Lipinski definition) is 1. The second-order valence-corrected chi connectivity index (χ2v) is 5.05. The molecule has 1 rings (SSSR count). The zero-order valence-electron chi connectivity index (χ0n) is 12.9. The molecule has 0 heterocycles. The van der Waals surface area contributed by atoms with Crippen molar-refractivity contribution in [2.45, 2.75) is 53.9 Å². The number of aryl methyl sites for hydroxylation is 1. The van der Waals surface area contributed by atoms with Crippen LogP contribution in [-0.2, 0) is 0 Å². The summed E-state index contributed by atoms with van der Waals surface area (Å²) < 4.78 is 26.6. The molecule has 0 spiro atoms. The average Bonchev–Trinajstić information content (AvgIpc) is 2.39. The molecule has 0 aliphatic carbocycles. The van der Waals surface area contributed by atoms with Crippen LogP contribution >= 0.6 is 0 Å². The van der Waals surface area contributed by atoms with Crippen LogP contribution in [-0.4, -0.2) is 5.71 Å². The smallest absolute Gasteiger partial charge is 0.257 e. The minimum absolute atomic E-state index is 0.0247. The van der Waals surface area contributed by atoms with Crippen LogP contribution in [0.3, 0.4) is 0 Å². The Morgan fingerprint density at radius 2 is 1.90 bits per heavy atom. The van der Waals surface area contributed by atoms with Gasteiger partial charge in [-0.15, -0.1) is 0 Å². The van der Waals surface area contributed by atoms with Crippen LogP contribution in [0, 0.1) is 6.92 Å². The summed E-state index contributed by atoms with van der Waals surface area (Å²) in [5.41, 5.74) is 3.97. The predicted molar refractivity (Wildman–Crippen MR) is 83.1 cm³/mol. The van der Waals surface area contributed by atoms with Gasteiger partial charge in [0.05, 0.1) is 5.69 Å². The molecular weight excluding hydrogens is 256 g/mol. The van der Waals surface area contributed by atoms with Gasteiger partial charge < -0.3 is 0 Å². The molecule has 0 N–H and O–H groups in total. The molecule has 110 valence electrons. The fourth-order valence-electron chi connectivity index (χ4n) is 2.08. The minimum Gasteiger partial charge on any atom is -0.257 e. The molecule has 1 aromatic carbocycles. The maximum atomic E-state index is 13.3. The molecule has 0 saturated carbocycles. The lowest BCUT2D eigenvalue weighted by Gasteiger charge is -2.14. The third kappa shape index (κ3) is 3.99. The van der Waals surface area contributed by atoms with E-state index in [2.05, 4.69) is 4.99 Å². The van der Waals surface area contributed by atoms with Crippen molar-refractivity contribution in [3.05, 3.63) is 34.9 Å². The summed E-state index contributed by atoms with van der Waals surface area (Å²) in [6.45, 7) is 9.68. The van der Waals surface area contributed by atoms with Crippen LogP contribution in [0.5, 0.6) is 0 Å². The molecule has 0 saturated heterocycles. The Balaban J connectivity index is 3.59. The quantitative estimate of drug-likeness (QED) is 0.565. The molecule has 0 unspecified atom stereocenters. The zero-order valence-corrected chi connectivity index (χ0v) is 12.9. The molecule has 0 bridgehead atoms. The van der Waals surface area contributed by atoms with Crippen LogP contribution in [0.2, 0.25) is 0 Å². The maximum Gasteiger partial charge on any atom is 0.265 e. The van der Waals surface area contributed by atoms with Crippen LogP contribution in [0.15, 0.2) is 23.2 Å². The molecule has 0 amide bonds. The van der Waals surface area contributed by atoms with E-state index in [1.807, 2.05) is 46.8 Å². The lowest BCUT2D eigenvalue weighted by molar-refractivity contribution is 0.152. The van der Waals surface area contributed by atoms with Gasteiger partial charge in [-0.25, -0.2) is 8.78 Å². The van der Waals surface area contributed by atoms with Crippen molar-refractivity contribution in [2.75, 3.05) is 0 Å². The number of aliphatic imine (C=N–C) groups is 1. The number of hydrogen-bond donors (Lipinski definition) is 0. The number of alkyl halides is 2. The number of halogens is 2. The van der Waals surface area contributed by atoms with Crippen molar-refractivity contribution in [3.8, 4) is 0 Å². The Labute approximate surface area is 120 Å². The standard InChI is InChI=1S/C17H23F2N/c1-6-8-12(4)14-9-11(3)10-15(17(18)19)16(14)20-13(5)7-2/h8-10,17H,6-7H2,1-5H3/b12-8-,20-13?. The first-order valence-corrected chi connectivity index (χ1v) is 7.04. The monoisotopic (exact) mass is 279 g/mol. The summed E-state index contributed by atoms with van der Waals surface area (Å²) in [4.78, 5) is 4.44. The Bertz CT molecular complexity index is 528. The minimum atomic E-state index is -2.51. The van der Waals surface area contributed by atoms with Crippen molar-refractivity contribution in [1.29, 1.82) is 0 Å². The van der Waals surface area contributed by atoms with Gasteiger partial charge in [0.15, 0.2) is 0 Å². The maximum absolute atomic E-state index is 13.3. The molecule has 0 fully saturated rings.